The van der Waals surface area contributed by atoms with Gasteiger partial charge in [0.05, 0.1) is 21.0 Å². The summed E-state index contributed by atoms with van der Waals surface area (Å²) in [5, 5.41) is 0.783. The van der Waals surface area contributed by atoms with Gasteiger partial charge < -0.3 is 4.90 Å². The monoisotopic (exact) mass is 457 g/mol. The summed E-state index contributed by atoms with van der Waals surface area (Å²) >= 11 is 9.08. The van der Waals surface area contributed by atoms with Gasteiger partial charge in [0.2, 0.25) is 5.91 Å². The molecule has 1 amide bonds. The number of amides is 1. The highest BCUT2D eigenvalue weighted by Crippen LogP contribution is 2.32. The molecule has 0 saturated carbocycles. The van der Waals surface area contributed by atoms with E-state index in [0.29, 0.717) is 17.3 Å². The van der Waals surface area contributed by atoms with Gasteiger partial charge in [0, 0.05) is 11.4 Å². The second kappa shape index (κ2) is 10.0. The topological polar surface area (TPSA) is 36.4 Å². The number of hydrogen-bond acceptors (Lipinski definition) is 5. The Morgan fingerprint density at radius 2 is 1.89 bits per heavy atom. The third-order valence-electron chi connectivity index (χ3n) is 4.29. The van der Waals surface area contributed by atoms with Crippen LogP contribution in [0.4, 0.5) is 5.13 Å². The van der Waals surface area contributed by atoms with Gasteiger partial charge in [0.15, 0.2) is 5.13 Å². The Balaban J connectivity index is 0.00000280. The minimum absolute atomic E-state index is 0. The molecule has 2 aromatic heterocycles. The largest absolute Gasteiger partial charge is 0.309 e. The number of fused-ring (bicyclic) bond motifs is 1. The molecule has 152 valence electrons. The number of aromatic nitrogens is 1. The van der Waals surface area contributed by atoms with Crippen molar-refractivity contribution in [1.29, 1.82) is 0 Å². The molecule has 3 aromatic rings. The maximum absolute atomic E-state index is 13.1. The minimum atomic E-state index is 0. The van der Waals surface area contributed by atoms with E-state index in [1.807, 2.05) is 31.1 Å². The fourth-order valence-corrected chi connectivity index (χ4v) is 5.30. The van der Waals surface area contributed by atoms with Crippen molar-refractivity contribution in [3.63, 3.8) is 0 Å². The van der Waals surface area contributed by atoms with Crippen LogP contribution >= 0.6 is 46.7 Å². The van der Waals surface area contributed by atoms with Crippen LogP contribution < -0.4 is 4.90 Å². The number of thiophene rings is 1. The average molecular weight is 458 g/mol. The number of hydrogen-bond donors (Lipinski definition) is 0. The first kappa shape index (κ1) is 23.1. The van der Waals surface area contributed by atoms with E-state index >= 15 is 0 Å². The Hall–Kier alpha value is -1.18. The van der Waals surface area contributed by atoms with Crippen LogP contribution in [0.1, 0.15) is 22.4 Å². The highest BCUT2D eigenvalue weighted by Gasteiger charge is 2.21. The van der Waals surface area contributed by atoms with Gasteiger partial charge >= 0.3 is 0 Å². The number of nitrogens with zero attached hydrogens (tertiary/aromatic N) is 3. The van der Waals surface area contributed by atoms with Crippen LogP contribution in [0.3, 0.4) is 0 Å². The van der Waals surface area contributed by atoms with Crippen LogP contribution in [0.25, 0.3) is 10.2 Å². The molecule has 0 bridgehead atoms. The molecule has 1 aromatic carbocycles. The van der Waals surface area contributed by atoms with E-state index in [-0.39, 0.29) is 18.3 Å². The lowest BCUT2D eigenvalue weighted by Crippen LogP contribution is -2.34. The molecule has 0 aliphatic heterocycles. The van der Waals surface area contributed by atoms with E-state index in [1.165, 1.54) is 16.9 Å². The van der Waals surface area contributed by atoms with Crippen molar-refractivity contribution in [1.82, 2.24) is 9.88 Å². The fraction of sp³-hybridized carbons (Fsp3) is 0.400. The van der Waals surface area contributed by atoms with Crippen LogP contribution in [-0.2, 0) is 11.2 Å². The number of benzene rings is 1. The number of carbonyl (C=O) groups excluding carboxylic acids is 1. The standard InChI is InChI=1S/C20H24ClN3OS2.ClH/c1-13-10-14(2)19-16(11-13)27-20(22-19)24(9-5-8-23(3)4)18(25)12-15-6-7-17(21)26-15;/h6-7,10-11H,5,8-9,12H2,1-4H3;1H. The van der Waals surface area contributed by atoms with Crippen LogP contribution in [-0.4, -0.2) is 43.0 Å². The minimum Gasteiger partial charge on any atom is -0.309 e. The first-order valence-corrected chi connectivity index (χ1v) is 10.9. The highest BCUT2D eigenvalue weighted by atomic mass is 35.5. The fourth-order valence-electron chi connectivity index (χ4n) is 3.04. The van der Waals surface area contributed by atoms with Crippen molar-refractivity contribution < 1.29 is 4.79 Å². The van der Waals surface area contributed by atoms with Crippen molar-refractivity contribution >= 4 is 67.9 Å². The lowest BCUT2D eigenvalue weighted by atomic mass is 10.1. The lowest BCUT2D eigenvalue weighted by molar-refractivity contribution is -0.118. The first-order valence-electron chi connectivity index (χ1n) is 8.90. The van der Waals surface area contributed by atoms with Gasteiger partial charge in [-0.1, -0.05) is 29.0 Å². The maximum atomic E-state index is 13.1. The number of rotatable bonds is 7. The molecule has 28 heavy (non-hydrogen) atoms. The summed E-state index contributed by atoms with van der Waals surface area (Å²) in [6.07, 6.45) is 1.26. The van der Waals surface area contributed by atoms with E-state index in [2.05, 4.69) is 30.9 Å². The third-order valence-corrected chi connectivity index (χ3v) is 6.55. The second-order valence-electron chi connectivity index (χ2n) is 7.01. The maximum Gasteiger partial charge on any atom is 0.234 e. The number of halogens is 2. The molecule has 0 saturated heterocycles. The summed E-state index contributed by atoms with van der Waals surface area (Å²) in [5.74, 6) is 0.0701. The normalized spacial score (nSPS) is 11.1. The van der Waals surface area contributed by atoms with Crippen LogP contribution in [0, 0.1) is 13.8 Å². The number of thiazole rings is 1. The second-order valence-corrected chi connectivity index (χ2v) is 9.82. The molecule has 0 aliphatic carbocycles. The Morgan fingerprint density at radius 3 is 2.54 bits per heavy atom. The first-order chi connectivity index (χ1) is 12.8. The Labute approximate surface area is 185 Å². The van der Waals surface area contributed by atoms with Gasteiger partial charge in [0.25, 0.3) is 0 Å². The van der Waals surface area contributed by atoms with Gasteiger partial charge in [-0.05, 0) is 70.2 Å². The highest BCUT2D eigenvalue weighted by molar-refractivity contribution is 7.22. The van der Waals surface area contributed by atoms with Crippen LogP contribution in [0.2, 0.25) is 4.34 Å². The number of anilines is 1. The zero-order valence-corrected chi connectivity index (χ0v) is 19.7. The molecule has 2 heterocycles. The summed E-state index contributed by atoms with van der Waals surface area (Å²) in [6.45, 7) is 5.75. The number of carbonyl (C=O) groups is 1. The molecule has 0 spiro atoms. The molecular formula is C20H25Cl2N3OS2. The molecule has 4 nitrogen and oxygen atoms in total. The van der Waals surface area contributed by atoms with Crippen molar-refractivity contribution in [2.45, 2.75) is 26.7 Å². The summed E-state index contributed by atoms with van der Waals surface area (Å²) in [6, 6.07) is 8.05. The summed E-state index contributed by atoms with van der Waals surface area (Å²) in [5.41, 5.74) is 3.36. The third kappa shape index (κ3) is 5.67. The van der Waals surface area contributed by atoms with Crippen molar-refractivity contribution in [2.24, 2.45) is 0 Å². The van der Waals surface area contributed by atoms with E-state index in [1.54, 1.807) is 11.3 Å². The smallest absolute Gasteiger partial charge is 0.234 e. The van der Waals surface area contributed by atoms with Gasteiger partial charge in [-0.15, -0.1) is 23.7 Å². The van der Waals surface area contributed by atoms with E-state index in [9.17, 15) is 4.79 Å². The zero-order valence-electron chi connectivity index (χ0n) is 16.5. The SMILES string of the molecule is Cc1cc(C)c2nc(N(CCCN(C)C)C(=O)Cc3ccc(Cl)s3)sc2c1.Cl. The van der Waals surface area contributed by atoms with Crippen molar-refractivity contribution in [2.75, 3.05) is 32.1 Å². The van der Waals surface area contributed by atoms with Gasteiger partial charge in [-0.25, -0.2) is 4.98 Å². The van der Waals surface area contributed by atoms with E-state index in [4.69, 9.17) is 16.6 Å². The molecule has 8 heteroatoms. The van der Waals surface area contributed by atoms with E-state index < -0.39 is 0 Å². The van der Waals surface area contributed by atoms with Crippen LogP contribution in [0.5, 0.6) is 0 Å². The van der Waals surface area contributed by atoms with Gasteiger partial charge in [0.1, 0.15) is 0 Å². The van der Waals surface area contributed by atoms with Gasteiger partial charge in [-0.2, -0.15) is 0 Å². The lowest BCUT2D eigenvalue weighted by Gasteiger charge is -2.20. The molecule has 0 unspecified atom stereocenters. The molecule has 0 radical (unpaired) electrons. The summed E-state index contributed by atoms with van der Waals surface area (Å²) < 4.78 is 1.84. The quantitative estimate of drug-likeness (QED) is 0.464. The predicted molar refractivity (Wildman–Crippen MR) is 125 cm³/mol. The zero-order chi connectivity index (χ0) is 19.6. The van der Waals surface area contributed by atoms with E-state index in [0.717, 1.165) is 38.8 Å². The predicted octanol–water partition coefficient (Wildman–Crippen LogP) is 5.58. The average Bonchev–Trinajstić information content (AvgIpc) is 3.17. The van der Waals surface area contributed by atoms with Gasteiger partial charge in [-0.3, -0.25) is 9.69 Å². The molecule has 3 rings (SSSR count). The Kier molecular flexibility index (Phi) is 8.28. The Bertz CT molecular complexity index is 952. The molecular weight excluding hydrogens is 433 g/mol. The summed E-state index contributed by atoms with van der Waals surface area (Å²) in [7, 11) is 4.09. The van der Waals surface area contributed by atoms with Crippen molar-refractivity contribution in [3.8, 4) is 0 Å². The van der Waals surface area contributed by atoms with Crippen molar-refractivity contribution in [3.05, 3.63) is 44.6 Å². The van der Waals surface area contributed by atoms with Crippen LogP contribution in [0.15, 0.2) is 24.3 Å². The molecule has 0 atom stereocenters. The molecule has 0 aliphatic rings. The Morgan fingerprint density at radius 1 is 1.14 bits per heavy atom. The molecule has 0 N–H and O–H groups in total. The molecule has 0 fully saturated rings. The number of aryl methyl sites for hydroxylation is 2. The summed E-state index contributed by atoms with van der Waals surface area (Å²) in [4.78, 5) is 22.8.